The number of alkyl carbamates (subject to hydrolysis) is 1. The fraction of sp³-hybridized carbons (Fsp3) is 0.685. The molecule has 0 spiro atoms. The first-order valence-electron chi connectivity index (χ1n) is 45.5. The molecule has 1 unspecified atom stereocenters. The number of carbonyl (C=O) groups excluding carboxylic acids is 10. The largest absolute Gasteiger partial charge is 0.455 e. The zero-order valence-corrected chi connectivity index (χ0v) is 79.5. The molecule has 3 saturated carbocycles. The van der Waals surface area contributed by atoms with Gasteiger partial charge in [0.15, 0.2) is 17.5 Å². The lowest BCUT2D eigenvalue weighted by Crippen LogP contribution is -2.82. The molecule has 7 aliphatic rings. The number of aliphatic hydroxyl groups excluding tert-OH is 1. The molecule has 4 heterocycles. The van der Waals surface area contributed by atoms with Crippen molar-refractivity contribution in [1.82, 2.24) is 36.2 Å². The highest BCUT2D eigenvalue weighted by Crippen LogP contribution is 2.65. The fourth-order valence-electron chi connectivity index (χ4n) is 17.4. The molecule has 2 aromatic carbocycles. The predicted molar refractivity (Wildman–Crippen MR) is 485 cm³/mol. The van der Waals surface area contributed by atoms with E-state index >= 15 is 9.59 Å². The maximum Gasteiger partial charge on any atom is 0.408 e. The molecule has 36 nitrogen and oxygen atoms in total. The average molecular weight is 1890 g/mol. The van der Waals surface area contributed by atoms with Crippen LogP contribution in [0.5, 0.6) is 0 Å². The quantitative estimate of drug-likeness (QED) is 0.00318. The Bertz CT molecular complexity index is 4490. The third-order valence-electron chi connectivity index (χ3n) is 24.3. The topological polar surface area (TPSA) is 479 Å². The van der Waals surface area contributed by atoms with Crippen molar-refractivity contribution in [3.8, 4) is 0 Å². The van der Waals surface area contributed by atoms with Crippen LogP contribution in [0.2, 0.25) is 0 Å². The number of aromatic nitrogens is 3. The van der Waals surface area contributed by atoms with E-state index in [0.29, 0.717) is 195 Å². The van der Waals surface area contributed by atoms with Crippen molar-refractivity contribution in [2.45, 2.75) is 272 Å². The third kappa shape index (κ3) is 29.7. The van der Waals surface area contributed by atoms with Crippen LogP contribution in [0.15, 0.2) is 87.4 Å². The van der Waals surface area contributed by atoms with Crippen molar-refractivity contribution in [3.05, 3.63) is 111 Å². The number of azide groups is 1. The Morgan fingerprint density at radius 1 is 0.779 bits per heavy atom. The number of anilines is 1. The van der Waals surface area contributed by atoms with E-state index in [-0.39, 0.29) is 77.8 Å². The number of amides is 4. The summed E-state index contributed by atoms with van der Waals surface area (Å²) in [5.41, 5.74) is 0.227. The number of ketones is 2. The highest BCUT2D eigenvalue weighted by molar-refractivity contribution is 8.77. The van der Waals surface area contributed by atoms with Gasteiger partial charge in [-0.25, -0.2) is 24.2 Å². The molecule has 39 heteroatoms. The number of ether oxygens (including phenoxy) is 13. The van der Waals surface area contributed by atoms with Crippen molar-refractivity contribution >= 4 is 98.7 Å². The molecule has 1 aromatic heterocycles. The number of hydrogen-bond acceptors (Lipinski definition) is 33. The molecule has 3 aliphatic heterocycles. The Kier molecular flexibility index (Phi) is 40.0. The number of rotatable bonds is 55. The number of urea groups is 1. The van der Waals surface area contributed by atoms with Crippen LogP contribution < -0.4 is 26.6 Å². The van der Waals surface area contributed by atoms with E-state index in [4.69, 9.17) is 77.1 Å². The number of aliphatic hydroxyl groups is 2. The highest BCUT2D eigenvalue weighted by Gasteiger charge is 2.78. The molecule has 4 amide bonds. The summed E-state index contributed by atoms with van der Waals surface area (Å²) in [4.78, 5) is 158. The number of nitrogens with one attached hydrogen (secondary N) is 5. The van der Waals surface area contributed by atoms with Gasteiger partial charge in [0.25, 0.3) is 0 Å². The number of benzene rings is 2. The number of carbonyl (C=O) groups is 10. The van der Waals surface area contributed by atoms with E-state index in [0.717, 1.165) is 31.9 Å². The molecule has 131 heavy (non-hydrogen) atoms. The first kappa shape index (κ1) is 105. The lowest BCUT2D eigenvalue weighted by molar-refractivity contribution is -0.346. The fourth-order valence-corrected chi connectivity index (χ4v) is 21.4. The van der Waals surface area contributed by atoms with Crippen LogP contribution in [-0.4, -0.2) is 278 Å². The summed E-state index contributed by atoms with van der Waals surface area (Å²) >= 11 is 1.89. The molecule has 6 fully saturated rings. The summed E-state index contributed by atoms with van der Waals surface area (Å²) in [5.74, 6) is -5.35. The van der Waals surface area contributed by atoms with Crippen LogP contribution in [0, 0.1) is 22.7 Å². The summed E-state index contributed by atoms with van der Waals surface area (Å²) in [6.45, 7) is 22.7. The first-order chi connectivity index (χ1) is 62.6. The van der Waals surface area contributed by atoms with Gasteiger partial charge < -0.3 is 98.4 Å². The van der Waals surface area contributed by atoms with Crippen molar-refractivity contribution in [2.24, 2.45) is 27.8 Å². The minimum absolute atomic E-state index is 0.0264. The minimum atomic E-state index is -2.52. The van der Waals surface area contributed by atoms with E-state index in [1.54, 1.807) is 84.9 Å². The van der Waals surface area contributed by atoms with Crippen molar-refractivity contribution in [2.75, 3.05) is 117 Å². The SMILES string of the molecule is CC(=O)O[C@@]12CO[C@@H]1C[C@H](O)[C@@]1(C)C(=O)[C@H](OC(=O)C3CC3)C3=C(C)[C@@H](OC(=O)[C@H](OC(=O)Cc4ccccc4SSC(C)CCC(=O)NCCCc4nc(CCCOCCOCCOCCCC(=O)CCCC[C@@H]5SC[C@@H]6NC(=O)N[C@@H]65)nc(NCCOCCOCCOCCN=[N+]=[N-])n4)[C@H](C=C(C)C)NC(=O)OC(C)(C)C)C[C@@](O)([C@@H](OC(=O)c4ccccc4)[C@H]21)C3(C)C. The number of allylic oxidation sites excluding steroid dienone is 1. The zero-order chi connectivity index (χ0) is 94.5. The summed E-state index contributed by atoms with van der Waals surface area (Å²) in [5, 5.41) is 45.5. The number of fused-ring (bicyclic) bond motifs is 6. The van der Waals surface area contributed by atoms with Crippen molar-refractivity contribution < 1.29 is 120 Å². The second kappa shape index (κ2) is 50.1. The third-order valence-corrected chi connectivity index (χ3v) is 28.9. The first-order valence-corrected chi connectivity index (χ1v) is 48.7. The lowest BCUT2D eigenvalue weighted by Gasteiger charge is -2.67. The molecule has 2 bridgehead atoms. The van der Waals surface area contributed by atoms with E-state index in [2.05, 4.69) is 41.6 Å². The van der Waals surface area contributed by atoms with Gasteiger partial charge in [0.1, 0.15) is 46.9 Å². The van der Waals surface area contributed by atoms with Crippen LogP contribution in [-0.2, 0) is 114 Å². The molecule has 15 atom stereocenters. The lowest BCUT2D eigenvalue weighted by atomic mass is 9.44. The molecule has 3 aromatic rings. The van der Waals surface area contributed by atoms with Crippen molar-refractivity contribution in [3.63, 3.8) is 0 Å². The average Bonchev–Trinajstić information content (AvgIpc) is 1.39. The molecule has 10 rings (SSSR count). The number of hydrogen-bond donors (Lipinski definition) is 7. The van der Waals surface area contributed by atoms with Gasteiger partial charge in [0.05, 0.1) is 126 Å². The molecular formula is C92H131N11O25S3. The van der Waals surface area contributed by atoms with Gasteiger partial charge in [0.2, 0.25) is 18.0 Å². The standard InChI is InChI=1S/C92H131N11O25S3/c1-56(2)50-64(98-87(114)128-88(6,7)8)77(84(112)123-66-53-92(115)81(126-83(111)60-22-13-12-14-23-60)79-90(11,69(106)52-70-91(79,55-122-70)127-59(5)104)80(109)78(125-82(110)61-32-33-61)75(58(66)4)89(92,9)10)124-74(108)51-62-24-15-17-27-67(62)131-130-57(3)31-34-73(107)94-35-19-29-71-99-72(101-85(100-71)95-36-40-118-44-48-121-49-45-119-41-37-96-103-93)30-21-39-117-43-47-120-46-42-116-38-20-26-63(105)25-16-18-28-68-76-65(54-129-68)97-86(113)102-76/h12-15,17,22-24,27,50,57,61,64-66,68-70,76-79,81,106,115H,16,18-21,25-26,28-49,51-55H2,1-11H3,(H,94,107)(H,98,114)(H2,97,102,113)(H,95,99,100,101)/t57?,64-,65-,66-,68-,69-,70+,76-,77+,78+,79-,81-,90+,91-,92+/m0/s1. The normalized spacial score (nSPS) is 24.6. The summed E-state index contributed by atoms with van der Waals surface area (Å²) in [6, 6.07) is 13.7. The van der Waals surface area contributed by atoms with Gasteiger partial charge in [-0.2, -0.15) is 21.7 Å². The smallest absolute Gasteiger partial charge is 0.408 e. The number of esters is 5. The number of thioether (sulfide) groups is 1. The van der Waals surface area contributed by atoms with Crippen LogP contribution in [0.25, 0.3) is 10.4 Å². The Labute approximate surface area is 777 Å². The van der Waals surface area contributed by atoms with Gasteiger partial charge in [-0.05, 0) is 140 Å². The van der Waals surface area contributed by atoms with Gasteiger partial charge in [-0.15, -0.1) is 0 Å². The second-order valence-corrected chi connectivity index (χ2v) is 40.0. The minimum Gasteiger partial charge on any atom is -0.455 e. The molecule has 3 saturated heterocycles. The Morgan fingerprint density at radius 2 is 1.43 bits per heavy atom. The van der Waals surface area contributed by atoms with Crippen LogP contribution in [0.4, 0.5) is 15.5 Å². The van der Waals surface area contributed by atoms with Gasteiger partial charge in [-0.1, -0.05) is 102 Å². The molecule has 4 aliphatic carbocycles. The van der Waals surface area contributed by atoms with E-state index in [1.165, 1.54) is 53.6 Å². The highest BCUT2D eigenvalue weighted by atomic mass is 33.1. The zero-order valence-electron chi connectivity index (χ0n) is 77.0. The van der Waals surface area contributed by atoms with Crippen molar-refractivity contribution in [1.29, 1.82) is 0 Å². The summed E-state index contributed by atoms with van der Waals surface area (Å²) < 4.78 is 77.7. The van der Waals surface area contributed by atoms with Gasteiger partial charge in [-0.3, -0.25) is 28.8 Å². The van der Waals surface area contributed by atoms with Crippen LogP contribution in [0.3, 0.4) is 0 Å². The molecule has 0 radical (unpaired) electrons. The number of unbranched alkanes of at least 4 members (excludes halogenated alkanes) is 1. The summed E-state index contributed by atoms with van der Waals surface area (Å²) in [6.07, 6.45) is -2.87. The van der Waals surface area contributed by atoms with E-state index in [9.17, 15) is 48.6 Å². The van der Waals surface area contributed by atoms with E-state index < -0.39 is 137 Å². The maximum absolute atomic E-state index is 16.2. The monoisotopic (exact) mass is 1890 g/mol. The predicted octanol–water partition coefficient (Wildman–Crippen LogP) is 10.3. The number of Topliss-reactive ketones (excluding diaryl/α,β-unsaturated/α-hetero) is 2. The number of nitrogens with zero attached hydrogens (tertiary/aromatic N) is 6. The molecule has 7 N–H and O–H groups in total. The van der Waals surface area contributed by atoms with Gasteiger partial charge >= 0.3 is 42.0 Å². The van der Waals surface area contributed by atoms with Crippen LogP contribution >= 0.6 is 33.3 Å². The Hall–Kier alpha value is -8.57. The Balaban J connectivity index is 0.735. The van der Waals surface area contributed by atoms with Gasteiger partial charge in [0, 0.05) is 116 Å². The molecular weight excluding hydrogens is 1760 g/mol. The van der Waals surface area contributed by atoms with Crippen LogP contribution in [0.1, 0.15) is 194 Å². The molecule has 722 valence electrons. The van der Waals surface area contributed by atoms with E-state index in [1.807, 2.05) is 24.8 Å². The number of aryl methyl sites for hydroxylation is 2. The Morgan fingerprint density at radius 3 is 2.08 bits per heavy atom. The second-order valence-electron chi connectivity index (χ2n) is 36.0. The maximum atomic E-state index is 16.2. The summed E-state index contributed by atoms with van der Waals surface area (Å²) in [7, 11) is 2.86.